The van der Waals surface area contributed by atoms with E-state index < -0.39 is 0 Å². The summed E-state index contributed by atoms with van der Waals surface area (Å²) in [6, 6.07) is 0. The molecule has 0 aromatic rings. The molecule has 0 fully saturated rings. The maximum atomic E-state index is 4.62. The maximum Gasteiger partial charge on any atom is 0.0240 e. The van der Waals surface area contributed by atoms with Crippen molar-refractivity contribution in [2.24, 2.45) is 5.92 Å². The van der Waals surface area contributed by atoms with Crippen LogP contribution in [0.15, 0.2) is 0 Å². The molecule has 10 heavy (non-hydrogen) atoms. The molecule has 0 aromatic carbocycles. The van der Waals surface area contributed by atoms with Crippen LogP contribution in [0.3, 0.4) is 0 Å². The largest absolute Gasteiger partial charge is 0.178 e. The molecule has 0 amide bonds. The smallest absolute Gasteiger partial charge is 0.0240 e. The van der Waals surface area contributed by atoms with Crippen molar-refractivity contribution in [3.8, 4) is 0 Å². The predicted molar refractivity (Wildman–Crippen MR) is 55.3 cm³/mol. The summed E-state index contributed by atoms with van der Waals surface area (Å²) in [7, 11) is 0. The van der Waals surface area contributed by atoms with Crippen LogP contribution < -0.4 is 0 Å². The third-order valence-electron chi connectivity index (χ3n) is 2.03. The van der Waals surface area contributed by atoms with E-state index in [9.17, 15) is 0 Å². The van der Waals surface area contributed by atoms with Crippen molar-refractivity contribution in [2.45, 2.75) is 38.4 Å². The van der Waals surface area contributed by atoms with Gasteiger partial charge in [-0.05, 0) is 12.3 Å². The zero-order chi connectivity index (χ0) is 8.20. The third kappa shape index (κ3) is 2.75. The highest BCUT2D eigenvalue weighted by atomic mass is 32.1. The second kappa shape index (κ2) is 4.55. The first-order valence-corrected chi connectivity index (χ1v) is 4.98. The highest BCUT2D eigenvalue weighted by molar-refractivity contribution is 7.85. The number of thiol groups is 2. The minimum absolute atomic E-state index is 0.151. The van der Waals surface area contributed by atoms with Gasteiger partial charge in [-0.2, -0.15) is 25.3 Å². The van der Waals surface area contributed by atoms with E-state index in [4.69, 9.17) is 0 Å². The van der Waals surface area contributed by atoms with Crippen molar-refractivity contribution >= 4 is 25.3 Å². The Morgan fingerprint density at radius 1 is 1.40 bits per heavy atom. The van der Waals surface area contributed by atoms with Crippen molar-refractivity contribution in [3.63, 3.8) is 0 Å². The van der Waals surface area contributed by atoms with E-state index in [2.05, 4.69) is 46.0 Å². The molecule has 2 heteroatoms. The van der Waals surface area contributed by atoms with Crippen molar-refractivity contribution in [1.82, 2.24) is 0 Å². The average molecular weight is 178 g/mol. The molecule has 0 aliphatic carbocycles. The molecule has 0 bridgehead atoms. The molecule has 1 unspecified atom stereocenters. The number of hydrogen-bond acceptors (Lipinski definition) is 2. The van der Waals surface area contributed by atoms with Gasteiger partial charge in [0, 0.05) is 10.5 Å². The predicted octanol–water partition coefficient (Wildman–Crippen LogP) is 3.04. The van der Waals surface area contributed by atoms with Crippen LogP contribution in [-0.2, 0) is 0 Å². The molecule has 62 valence electrons. The van der Waals surface area contributed by atoms with E-state index in [0.29, 0.717) is 5.92 Å². The van der Waals surface area contributed by atoms with Gasteiger partial charge in [0.2, 0.25) is 0 Å². The molecule has 0 saturated heterocycles. The lowest BCUT2D eigenvalue weighted by Crippen LogP contribution is -2.30. The van der Waals surface area contributed by atoms with E-state index in [1.807, 2.05) is 0 Å². The van der Waals surface area contributed by atoms with E-state index in [-0.39, 0.29) is 4.75 Å². The van der Waals surface area contributed by atoms with Crippen LogP contribution >= 0.6 is 25.3 Å². The molecule has 1 atom stereocenters. The summed E-state index contributed by atoms with van der Waals surface area (Å²) in [5, 5.41) is 0. The molecular weight excluding hydrogens is 160 g/mol. The minimum atomic E-state index is 0.151. The average Bonchev–Trinajstić information content (AvgIpc) is 1.88. The van der Waals surface area contributed by atoms with Crippen molar-refractivity contribution < 1.29 is 0 Å². The Bertz CT molecular complexity index is 91.3. The van der Waals surface area contributed by atoms with Gasteiger partial charge in [0.25, 0.3) is 0 Å². The summed E-state index contributed by atoms with van der Waals surface area (Å²) >= 11 is 8.92. The van der Waals surface area contributed by atoms with Crippen molar-refractivity contribution in [2.75, 3.05) is 5.75 Å². The molecule has 0 spiro atoms. The lowest BCUT2D eigenvalue weighted by atomic mass is 9.92. The molecule has 0 N–H and O–H groups in total. The normalized spacial score (nSPS) is 17.4. The summed E-state index contributed by atoms with van der Waals surface area (Å²) in [6.45, 7) is 6.61. The highest BCUT2D eigenvalue weighted by Gasteiger charge is 2.26. The monoisotopic (exact) mass is 178 g/mol. The molecule has 0 aliphatic rings. The Morgan fingerprint density at radius 2 is 1.90 bits per heavy atom. The van der Waals surface area contributed by atoms with Gasteiger partial charge in [-0.3, -0.25) is 0 Å². The molecule has 0 rings (SSSR count). The van der Waals surface area contributed by atoms with E-state index >= 15 is 0 Å². The van der Waals surface area contributed by atoms with Crippen LogP contribution in [-0.4, -0.2) is 10.5 Å². The van der Waals surface area contributed by atoms with Crippen LogP contribution in [0.4, 0.5) is 0 Å². The van der Waals surface area contributed by atoms with Gasteiger partial charge in [0.1, 0.15) is 0 Å². The van der Waals surface area contributed by atoms with E-state index in [1.54, 1.807) is 0 Å². The van der Waals surface area contributed by atoms with Crippen LogP contribution in [0.5, 0.6) is 0 Å². The van der Waals surface area contributed by atoms with Gasteiger partial charge < -0.3 is 0 Å². The fourth-order valence-electron chi connectivity index (χ4n) is 0.983. The first kappa shape index (κ1) is 10.7. The van der Waals surface area contributed by atoms with Crippen LogP contribution in [0.2, 0.25) is 0 Å². The van der Waals surface area contributed by atoms with E-state index in [0.717, 1.165) is 12.2 Å². The zero-order valence-corrected chi connectivity index (χ0v) is 8.88. The number of rotatable bonds is 4. The lowest BCUT2D eigenvalue weighted by Gasteiger charge is -2.30. The molecule has 0 aromatic heterocycles. The molecule has 0 saturated carbocycles. The van der Waals surface area contributed by atoms with Crippen LogP contribution in [0, 0.1) is 5.92 Å². The quantitative estimate of drug-likeness (QED) is 0.607. The minimum Gasteiger partial charge on any atom is -0.178 e. The standard InChI is InChI=1S/C8H18S2/c1-4-5-8(10,6-9)7(2)3/h7,9-10H,4-6H2,1-3H3. The van der Waals surface area contributed by atoms with Gasteiger partial charge in [0.05, 0.1) is 0 Å². The fourth-order valence-corrected chi connectivity index (χ4v) is 1.73. The maximum absolute atomic E-state index is 4.62. The highest BCUT2D eigenvalue weighted by Crippen LogP contribution is 2.30. The van der Waals surface area contributed by atoms with Crippen LogP contribution in [0.1, 0.15) is 33.6 Å². The SMILES string of the molecule is CCCC(S)(CS)C(C)C. The van der Waals surface area contributed by atoms with Gasteiger partial charge in [0.15, 0.2) is 0 Å². The fraction of sp³-hybridized carbons (Fsp3) is 1.00. The van der Waals surface area contributed by atoms with Crippen LogP contribution in [0.25, 0.3) is 0 Å². The summed E-state index contributed by atoms with van der Waals surface area (Å²) in [4.78, 5) is 0. The topological polar surface area (TPSA) is 0 Å². The van der Waals surface area contributed by atoms with Gasteiger partial charge in [-0.15, -0.1) is 0 Å². The van der Waals surface area contributed by atoms with E-state index in [1.165, 1.54) is 6.42 Å². The zero-order valence-electron chi connectivity index (χ0n) is 7.09. The van der Waals surface area contributed by atoms with Gasteiger partial charge in [-0.25, -0.2) is 0 Å². The summed E-state index contributed by atoms with van der Waals surface area (Å²) in [6.07, 6.45) is 2.36. The molecule has 0 nitrogen and oxygen atoms in total. The van der Waals surface area contributed by atoms with Crippen molar-refractivity contribution in [1.29, 1.82) is 0 Å². The Morgan fingerprint density at radius 3 is 2.00 bits per heavy atom. The Kier molecular flexibility index (Phi) is 4.87. The second-order valence-electron chi connectivity index (χ2n) is 3.17. The first-order valence-electron chi connectivity index (χ1n) is 3.90. The molecule has 0 radical (unpaired) electrons. The molecule has 0 aliphatic heterocycles. The Hall–Kier alpha value is 0.700. The third-order valence-corrected chi connectivity index (χ3v) is 3.74. The Balaban J connectivity index is 3.94. The summed E-state index contributed by atoms with van der Waals surface area (Å²) < 4.78 is 0.151. The molecular formula is C8H18S2. The summed E-state index contributed by atoms with van der Waals surface area (Å²) in [5.41, 5.74) is 0. The second-order valence-corrected chi connectivity index (χ2v) is 4.37. The Labute approximate surface area is 75.6 Å². The molecule has 0 heterocycles. The lowest BCUT2D eigenvalue weighted by molar-refractivity contribution is 0.445. The van der Waals surface area contributed by atoms with Crippen molar-refractivity contribution in [3.05, 3.63) is 0 Å². The number of hydrogen-bond donors (Lipinski definition) is 2. The van der Waals surface area contributed by atoms with Gasteiger partial charge in [-0.1, -0.05) is 27.2 Å². The van der Waals surface area contributed by atoms with Gasteiger partial charge >= 0.3 is 0 Å². The summed E-state index contributed by atoms with van der Waals surface area (Å²) in [5.74, 6) is 1.50. The first-order chi connectivity index (χ1) is 4.56.